The van der Waals surface area contributed by atoms with Crippen molar-refractivity contribution >= 4 is 5.84 Å². The fourth-order valence-electron chi connectivity index (χ4n) is 2.16. The van der Waals surface area contributed by atoms with Crippen LogP contribution < -0.4 is 0 Å². The predicted octanol–water partition coefficient (Wildman–Crippen LogP) is 2.68. The van der Waals surface area contributed by atoms with E-state index in [9.17, 15) is 0 Å². The molecule has 1 N–H and O–H groups in total. The summed E-state index contributed by atoms with van der Waals surface area (Å²) in [6.45, 7) is 2.13. The maximum Gasteiger partial charge on any atom is 0.0990 e. The van der Waals surface area contributed by atoms with Crippen LogP contribution in [0, 0.1) is 11.3 Å². The normalized spacial score (nSPS) is 27.0. The maximum atomic E-state index is 7.87. The Kier molecular flexibility index (Phi) is 2.28. The molecule has 2 heteroatoms. The molecule has 0 bridgehead atoms. The number of benzene rings is 1. The van der Waals surface area contributed by atoms with Crippen molar-refractivity contribution in [3.63, 3.8) is 0 Å². The lowest BCUT2D eigenvalue weighted by molar-refractivity contribution is 0.401. The molecule has 14 heavy (non-hydrogen) atoms. The van der Waals surface area contributed by atoms with Gasteiger partial charge in [0.1, 0.15) is 0 Å². The third kappa shape index (κ3) is 1.41. The van der Waals surface area contributed by atoms with Crippen LogP contribution in [0.3, 0.4) is 0 Å². The maximum absolute atomic E-state index is 7.87. The van der Waals surface area contributed by atoms with E-state index in [2.05, 4.69) is 36.1 Å². The first-order chi connectivity index (χ1) is 6.70. The van der Waals surface area contributed by atoms with Gasteiger partial charge in [-0.25, -0.2) is 0 Å². The van der Waals surface area contributed by atoms with Gasteiger partial charge in [-0.05, 0) is 12.0 Å². The van der Waals surface area contributed by atoms with E-state index in [0.717, 1.165) is 12.3 Å². The van der Waals surface area contributed by atoms with E-state index in [1.165, 1.54) is 5.56 Å². The predicted molar refractivity (Wildman–Crippen MR) is 58.5 cm³/mol. The van der Waals surface area contributed by atoms with E-state index >= 15 is 0 Å². The summed E-state index contributed by atoms with van der Waals surface area (Å²) in [5.74, 6) is 1.16. The van der Waals surface area contributed by atoms with E-state index in [1.807, 2.05) is 13.1 Å². The smallest absolute Gasteiger partial charge is 0.0990 e. The van der Waals surface area contributed by atoms with Crippen LogP contribution in [-0.2, 0) is 0 Å². The summed E-state index contributed by atoms with van der Waals surface area (Å²) in [7, 11) is 2.02. The minimum atomic E-state index is 0.394. The lowest BCUT2D eigenvalue weighted by Crippen LogP contribution is -2.23. The third-order valence-corrected chi connectivity index (χ3v) is 3.08. The van der Waals surface area contributed by atoms with Crippen LogP contribution >= 0.6 is 0 Å². The zero-order valence-corrected chi connectivity index (χ0v) is 8.70. The van der Waals surface area contributed by atoms with Crippen molar-refractivity contribution in [1.82, 2.24) is 4.90 Å². The highest BCUT2D eigenvalue weighted by Gasteiger charge is 2.31. The van der Waals surface area contributed by atoms with Crippen LogP contribution in [0.5, 0.6) is 0 Å². The van der Waals surface area contributed by atoms with Gasteiger partial charge in [0.2, 0.25) is 0 Å². The van der Waals surface area contributed by atoms with Crippen molar-refractivity contribution in [2.45, 2.75) is 19.4 Å². The number of nitrogens with zero attached hydrogens (tertiary/aromatic N) is 1. The van der Waals surface area contributed by atoms with Crippen LogP contribution in [0.4, 0.5) is 0 Å². The first-order valence-electron chi connectivity index (χ1n) is 5.06. The lowest BCUT2D eigenvalue weighted by atomic mass is 10.0. The number of likely N-dealkylation sites (tertiary alicyclic amines) is 1. The fraction of sp³-hybridized carbons (Fsp3) is 0.417. The highest BCUT2D eigenvalue weighted by Crippen LogP contribution is 2.34. The molecule has 0 radical (unpaired) electrons. The third-order valence-electron chi connectivity index (χ3n) is 3.08. The highest BCUT2D eigenvalue weighted by atomic mass is 15.2. The van der Waals surface area contributed by atoms with E-state index in [0.29, 0.717) is 12.0 Å². The summed E-state index contributed by atoms with van der Waals surface area (Å²) in [4.78, 5) is 2.08. The monoisotopic (exact) mass is 188 g/mol. The fourth-order valence-corrected chi connectivity index (χ4v) is 2.16. The van der Waals surface area contributed by atoms with Gasteiger partial charge in [0.25, 0.3) is 0 Å². The van der Waals surface area contributed by atoms with Crippen molar-refractivity contribution in [1.29, 1.82) is 5.41 Å². The molecule has 1 aromatic carbocycles. The summed E-state index contributed by atoms with van der Waals surface area (Å²) < 4.78 is 0. The number of rotatable bonds is 1. The zero-order chi connectivity index (χ0) is 10.1. The Morgan fingerprint density at radius 2 is 1.93 bits per heavy atom. The molecule has 74 valence electrons. The average Bonchev–Trinajstić information content (AvgIpc) is 2.47. The molecule has 1 fully saturated rings. The van der Waals surface area contributed by atoms with Crippen LogP contribution in [0.25, 0.3) is 0 Å². The van der Waals surface area contributed by atoms with E-state index in [1.54, 1.807) is 0 Å². The highest BCUT2D eigenvalue weighted by molar-refractivity contribution is 5.83. The molecule has 1 saturated heterocycles. The minimum absolute atomic E-state index is 0.394. The molecule has 2 rings (SSSR count). The van der Waals surface area contributed by atoms with Gasteiger partial charge in [-0.3, -0.25) is 5.41 Å². The SMILES string of the molecule is CC1CC(c2ccccc2)N(C)C1=N. The molecule has 0 spiro atoms. The number of hydrogen-bond acceptors (Lipinski definition) is 1. The van der Waals surface area contributed by atoms with Crippen molar-refractivity contribution in [2.24, 2.45) is 5.92 Å². The first-order valence-corrected chi connectivity index (χ1v) is 5.06. The summed E-state index contributed by atoms with van der Waals surface area (Å²) in [5.41, 5.74) is 1.32. The number of nitrogens with one attached hydrogen (secondary N) is 1. The Morgan fingerprint density at radius 1 is 1.29 bits per heavy atom. The van der Waals surface area contributed by atoms with Crippen LogP contribution in [-0.4, -0.2) is 17.8 Å². The summed E-state index contributed by atoms with van der Waals surface area (Å²) in [6.07, 6.45) is 1.07. The lowest BCUT2D eigenvalue weighted by Gasteiger charge is -2.21. The van der Waals surface area contributed by atoms with Crippen molar-refractivity contribution in [3.05, 3.63) is 35.9 Å². The molecular formula is C12H16N2. The second-order valence-corrected chi connectivity index (χ2v) is 4.06. The standard InChI is InChI=1S/C12H16N2/c1-9-8-11(14(2)12(9)13)10-6-4-3-5-7-10/h3-7,9,11,13H,8H2,1-2H3. The molecule has 0 aromatic heterocycles. The second-order valence-electron chi connectivity index (χ2n) is 4.06. The molecule has 1 aromatic rings. The second kappa shape index (κ2) is 3.45. The summed E-state index contributed by atoms with van der Waals surface area (Å²) in [6, 6.07) is 10.9. The van der Waals surface area contributed by atoms with Gasteiger partial charge in [0, 0.05) is 13.0 Å². The van der Waals surface area contributed by atoms with E-state index in [4.69, 9.17) is 5.41 Å². The molecule has 1 aliphatic heterocycles. The van der Waals surface area contributed by atoms with Gasteiger partial charge in [-0.1, -0.05) is 37.3 Å². The molecule has 1 heterocycles. The van der Waals surface area contributed by atoms with Gasteiger partial charge in [-0.2, -0.15) is 0 Å². The van der Waals surface area contributed by atoms with Gasteiger partial charge in [-0.15, -0.1) is 0 Å². The van der Waals surface area contributed by atoms with Gasteiger partial charge in [0.15, 0.2) is 0 Å². The largest absolute Gasteiger partial charge is 0.356 e. The molecule has 0 aliphatic carbocycles. The van der Waals surface area contributed by atoms with Crippen molar-refractivity contribution in [3.8, 4) is 0 Å². The van der Waals surface area contributed by atoms with E-state index < -0.39 is 0 Å². The molecule has 2 atom stereocenters. The molecular weight excluding hydrogens is 172 g/mol. The molecule has 0 saturated carbocycles. The Balaban J connectivity index is 2.26. The Morgan fingerprint density at radius 3 is 2.43 bits per heavy atom. The van der Waals surface area contributed by atoms with Crippen LogP contribution in [0.15, 0.2) is 30.3 Å². The van der Waals surface area contributed by atoms with E-state index in [-0.39, 0.29) is 0 Å². The summed E-state index contributed by atoms with van der Waals surface area (Å²) >= 11 is 0. The summed E-state index contributed by atoms with van der Waals surface area (Å²) in [5, 5.41) is 7.87. The number of hydrogen-bond donors (Lipinski definition) is 1. The van der Waals surface area contributed by atoms with Gasteiger partial charge in [0.05, 0.1) is 11.9 Å². The molecule has 1 aliphatic rings. The minimum Gasteiger partial charge on any atom is -0.356 e. The Hall–Kier alpha value is -1.31. The molecule has 2 unspecified atom stereocenters. The van der Waals surface area contributed by atoms with Crippen LogP contribution in [0.1, 0.15) is 24.9 Å². The Labute approximate surface area is 85.1 Å². The number of amidine groups is 1. The van der Waals surface area contributed by atoms with Crippen molar-refractivity contribution in [2.75, 3.05) is 7.05 Å². The molecule has 2 nitrogen and oxygen atoms in total. The van der Waals surface area contributed by atoms with Crippen LogP contribution in [0.2, 0.25) is 0 Å². The first kappa shape index (κ1) is 9.25. The quantitative estimate of drug-likeness (QED) is 0.720. The van der Waals surface area contributed by atoms with Crippen molar-refractivity contribution < 1.29 is 0 Å². The van der Waals surface area contributed by atoms with Gasteiger partial charge < -0.3 is 4.90 Å². The Bertz CT molecular complexity index is 331. The van der Waals surface area contributed by atoms with Gasteiger partial charge >= 0.3 is 0 Å². The molecule has 0 amide bonds. The zero-order valence-electron chi connectivity index (χ0n) is 8.70. The average molecular weight is 188 g/mol. The topological polar surface area (TPSA) is 27.1 Å².